The first kappa shape index (κ1) is 21.0. The molecule has 0 radical (unpaired) electrons. The van der Waals surface area contributed by atoms with Crippen LogP contribution >= 0.6 is 0 Å². The fourth-order valence-corrected chi connectivity index (χ4v) is 3.50. The average Bonchev–Trinajstić information content (AvgIpc) is 2.73. The lowest BCUT2D eigenvalue weighted by atomic mass is 9.93. The van der Waals surface area contributed by atoms with Crippen molar-refractivity contribution in [1.29, 1.82) is 0 Å². The summed E-state index contributed by atoms with van der Waals surface area (Å²) in [5, 5.41) is 0. The molecule has 2 aromatic rings. The highest BCUT2D eigenvalue weighted by Crippen LogP contribution is 2.26. The molecular formula is C24H33NO3. The van der Waals surface area contributed by atoms with Gasteiger partial charge in [-0.3, -0.25) is 4.90 Å². The normalized spacial score (nSPS) is 16.9. The third kappa shape index (κ3) is 7.36. The quantitative estimate of drug-likeness (QED) is 0.542. The zero-order valence-electron chi connectivity index (χ0n) is 17.0. The number of ether oxygens (including phenoxy) is 3. The number of nitrogens with zero attached hydrogens (tertiary/aromatic N) is 1. The van der Waals surface area contributed by atoms with Crippen molar-refractivity contribution in [1.82, 2.24) is 4.90 Å². The van der Waals surface area contributed by atoms with Gasteiger partial charge in [-0.15, -0.1) is 0 Å². The van der Waals surface area contributed by atoms with Crippen LogP contribution in [0.1, 0.15) is 30.9 Å². The number of hydrogen-bond donors (Lipinski definition) is 0. The highest BCUT2D eigenvalue weighted by molar-refractivity contribution is 5.14. The van der Waals surface area contributed by atoms with Crippen molar-refractivity contribution < 1.29 is 14.2 Å². The Morgan fingerprint density at radius 2 is 1.32 bits per heavy atom. The smallest absolute Gasteiger partial charge is 0.0718 e. The van der Waals surface area contributed by atoms with Crippen LogP contribution in [-0.4, -0.2) is 50.0 Å². The molecule has 0 saturated carbocycles. The van der Waals surface area contributed by atoms with Gasteiger partial charge >= 0.3 is 0 Å². The first-order valence-electron chi connectivity index (χ1n) is 10.3. The van der Waals surface area contributed by atoms with E-state index in [1.807, 2.05) is 18.2 Å². The largest absolute Gasteiger partial charge is 0.377 e. The van der Waals surface area contributed by atoms with Crippen LogP contribution in [0.2, 0.25) is 0 Å². The fourth-order valence-electron chi connectivity index (χ4n) is 3.50. The van der Waals surface area contributed by atoms with E-state index >= 15 is 0 Å². The minimum atomic E-state index is -0.0274. The van der Waals surface area contributed by atoms with E-state index in [1.54, 1.807) is 0 Å². The van der Waals surface area contributed by atoms with Gasteiger partial charge in [-0.1, -0.05) is 60.7 Å². The van der Waals surface area contributed by atoms with Crippen LogP contribution in [0.5, 0.6) is 0 Å². The molecule has 3 rings (SSSR count). The van der Waals surface area contributed by atoms with E-state index in [1.165, 1.54) is 11.1 Å². The van der Waals surface area contributed by atoms with Crippen LogP contribution in [0.3, 0.4) is 0 Å². The van der Waals surface area contributed by atoms with Crippen molar-refractivity contribution >= 4 is 0 Å². The van der Waals surface area contributed by atoms with Gasteiger partial charge in [0.25, 0.3) is 0 Å². The molecule has 1 aliphatic heterocycles. The molecule has 1 aliphatic rings. The second-order valence-corrected chi connectivity index (χ2v) is 7.71. The average molecular weight is 384 g/mol. The van der Waals surface area contributed by atoms with Gasteiger partial charge in [-0.05, 0) is 30.9 Å². The van der Waals surface area contributed by atoms with E-state index in [0.29, 0.717) is 33.0 Å². The first-order valence-corrected chi connectivity index (χ1v) is 10.3. The molecule has 0 bridgehead atoms. The minimum absolute atomic E-state index is 0.0274. The van der Waals surface area contributed by atoms with Gasteiger partial charge in [0.1, 0.15) is 0 Å². The molecule has 0 N–H and O–H groups in total. The van der Waals surface area contributed by atoms with Crippen molar-refractivity contribution in [3.63, 3.8) is 0 Å². The summed E-state index contributed by atoms with van der Waals surface area (Å²) in [6.07, 6.45) is 2.14. The lowest BCUT2D eigenvalue weighted by Gasteiger charge is -2.39. The van der Waals surface area contributed by atoms with Gasteiger partial charge in [0, 0.05) is 19.6 Å². The highest BCUT2D eigenvalue weighted by atomic mass is 16.5. The summed E-state index contributed by atoms with van der Waals surface area (Å²) in [7, 11) is 0. The Balaban J connectivity index is 1.21. The Kier molecular flexibility index (Phi) is 8.49. The maximum absolute atomic E-state index is 6.15. The molecule has 4 heteroatoms. The van der Waals surface area contributed by atoms with Crippen LogP contribution in [0, 0.1) is 0 Å². The fraction of sp³-hybridized carbons (Fsp3) is 0.500. The minimum Gasteiger partial charge on any atom is -0.377 e. The number of piperidine rings is 1. The number of hydrogen-bond acceptors (Lipinski definition) is 4. The Bertz CT molecular complexity index is 654. The Morgan fingerprint density at radius 3 is 2.00 bits per heavy atom. The molecule has 0 aliphatic carbocycles. The summed E-state index contributed by atoms with van der Waals surface area (Å²) >= 11 is 0. The summed E-state index contributed by atoms with van der Waals surface area (Å²) in [6, 6.07) is 20.9. The van der Waals surface area contributed by atoms with E-state index in [0.717, 1.165) is 32.5 Å². The molecule has 4 nitrogen and oxygen atoms in total. The zero-order chi connectivity index (χ0) is 19.5. The standard InChI is InChI=1S/C24H33NO3/c1-24(12-14-25(15-13-24)20-22-8-4-2-5-9-22)28-19-18-26-16-17-27-21-23-10-6-3-7-11-23/h2-11H,12-21H2,1H3. The topological polar surface area (TPSA) is 30.9 Å². The van der Waals surface area contributed by atoms with Crippen molar-refractivity contribution in [2.24, 2.45) is 0 Å². The number of rotatable bonds is 11. The maximum Gasteiger partial charge on any atom is 0.0718 e. The molecule has 152 valence electrons. The summed E-state index contributed by atoms with van der Waals surface area (Å²) in [6.45, 7) is 8.56. The number of benzene rings is 2. The summed E-state index contributed by atoms with van der Waals surface area (Å²) < 4.78 is 17.4. The second-order valence-electron chi connectivity index (χ2n) is 7.71. The van der Waals surface area contributed by atoms with E-state index in [4.69, 9.17) is 14.2 Å². The third-order valence-corrected chi connectivity index (χ3v) is 5.32. The van der Waals surface area contributed by atoms with Crippen LogP contribution in [0.25, 0.3) is 0 Å². The molecule has 28 heavy (non-hydrogen) atoms. The van der Waals surface area contributed by atoms with Crippen LogP contribution in [0.15, 0.2) is 60.7 Å². The molecule has 1 heterocycles. The predicted molar refractivity (Wildman–Crippen MR) is 112 cm³/mol. The van der Waals surface area contributed by atoms with Crippen molar-refractivity contribution in [3.8, 4) is 0 Å². The van der Waals surface area contributed by atoms with Crippen molar-refractivity contribution in [2.75, 3.05) is 39.5 Å². The Hall–Kier alpha value is -1.72. The molecule has 0 unspecified atom stereocenters. The molecule has 1 saturated heterocycles. The van der Waals surface area contributed by atoms with Crippen LogP contribution in [0.4, 0.5) is 0 Å². The highest BCUT2D eigenvalue weighted by Gasteiger charge is 2.30. The van der Waals surface area contributed by atoms with Crippen LogP contribution < -0.4 is 0 Å². The van der Waals surface area contributed by atoms with E-state index < -0.39 is 0 Å². The predicted octanol–water partition coefficient (Wildman–Crippen LogP) is 4.29. The van der Waals surface area contributed by atoms with E-state index in [2.05, 4.69) is 54.3 Å². The van der Waals surface area contributed by atoms with Crippen molar-refractivity contribution in [2.45, 2.75) is 38.5 Å². The summed E-state index contributed by atoms with van der Waals surface area (Å²) in [4.78, 5) is 2.51. The third-order valence-electron chi connectivity index (χ3n) is 5.32. The molecule has 2 aromatic carbocycles. The monoisotopic (exact) mass is 383 g/mol. The second kappa shape index (κ2) is 11.3. The molecule has 1 fully saturated rings. The Morgan fingerprint density at radius 1 is 0.750 bits per heavy atom. The van der Waals surface area contributed by atoms with Crippen molar-refractivity contribution in [3.05, 3.63) is 71.8 Å². The molecule has 0 spiro atoms. The van der Waals surface area contributed by atoms with Gasteiger partial charge in [0.15, 0.2) is 0 Å². The van der Waals surface area contributed by atoms with Gasteiger partial charge in [0.05, 0.1) is 38.6 Å². The first-order chi connectivity index (χ1) is 13.7. The molecule has 0 atom stereocenters. The lowest BCUT2D eigenvalue weighted by molar-refractivity contribution is -0.0911. The van der Waals surface area contributed by atoms with Gasteiger partial charge < -0.3 is 14.2 Å². The molecule has 0 amide bonds. The molecule has 0 aromatic heterocycles. The summed E-state index contributed by atoms with van der Waals surface area (Å²) in [5.74, 6) is 0. The van der Waals surface area contributed by atoms with Gasteiger partial charge in [-0.25, -0.2) is 0 Å². The number of likely N-dealkylation sites (tertiary alicyclic amines) is 1. The van der Waals surface area contributed by atoms with E-state index in [-0.39, 0.29) is 5.60 Å². The SMILES string of the molecule is CC1(OCCOCCOCc2ccccc2)CCN(Cc2ccccc2)CC1. The zero-order valence-corrected chi connectivity index (χ0v) is 17.0. The molecular weight excluding hydrogens is 350 g/mol. The Labute approximate surface area is 169 Å². The maximum atomic E-state index is 6.15. The van der Waals surface area contributed by atoms with E-state index in [9.17, 15) is 0 Å². The van der Waals surface area contributed by atoms with Gasteiger partial charge in [-0.2, -0.15) is 0 Å². The van der Waals surface area contributed by atoms with Crippen LogP contribution in [-0.2, 0) is 27.4 Å². The summed E-state index contributed by atoms with van der Waals surface area (Å²) in [5.41, 5.74) is 2.55. The lowest BCUT2D eigenvalue weighted by Crippen LogP contribution is -2.44. The van der Waals surface area contributed by atoms with Gasteiger partial charge in [0.2, 0.25) is 0 Å².